The number of nitrogens with zero attached hydrogens (tertiary/aromatic N) is 2. The first-order valence-corrected chi connectivity index (χ1v) is 13.5. The number of hydrogen-bond acceptors (Lipinski definition) is 7. The van der Waals surface area contributed by atoms with Crippen LogP contribution in [0.25, 0.3) is 0 Å². The van der Waals surface area contributed by atoms with Crippen LogP contribution in [0.5, 0.6) is 0 Å². The molecule has 5 rings (SSSR count). The highest BCUT2D eigenvalue weighted by Crippen LogP contribution is 2.54. The van der Waals surface area contributed by atoms with E-state index in [4.69, 9.17) is 16.3 Å². The molecule has 3 unspecified atom stereocenters. The number of imide groups is 1. The van der Waals surface area contributed by atoms with Crippen molar-refractivity contribution in [3.05, 3.63) is 79.2 Å². The van der Waals surface area contributed by atoms with E-state index in [2.05, 4.69) is 0 Å². The summed E-state index contributed by atoms with van der Waals surface area (Å²) in [5.41, 5.74) is -1.10. The van der Waals surface area contributed by atoms with E-state index in [1.165, 1.54) is 16.7 Å². The fraction of sp³-hybridized carbons (Fsp3) is 0.280. The van der Waals surface area contributed by atoms with E-state index in [0.717, 1.165) is 35.2 Å². The highest BCUT2D eigenvalue weighted by Gasteiger charge is 2.57. The summed E-state index contributed by atoms with van der Waals surface area (Å²) in [6, 6.07) is 10.9. The molecule has 0 bridgehead atoms. The van der Waals surface area contributed by atoms with Crippen LogP contribution in [0.3, 0.4) is 0 Å². The molecule has 1 fully saturated rings. The van der Waals surface area contributed by atoms with Gasteiger partial charge in [-0.2, -0.15) is 13.2 Å². The maximum Gasteiger partial charge on any atom is 0.418 e. The van der Waals surface area contributed by atoms with E-state index in [1.807, 2.05) is 0 Å². The minimum Gasteiger partial charge on any atom is -0.465 e. The Morgan fingerprint density at radius 3 is 2.39 bits per heavy atom. The molecule has 2 aliphatic rings. The first kappa shape index (κ1) is 26.5. The van der Waals surface area contributed by atoms with Gasteiger partial charge < -0.3 is 4.74 Å². The molecule has 38 heavy (non-hydrogen) atoms. The van der Waals surface area contributed by atoms with Gasteiger partial charge in [0.25, 0.3) is 0 Å². The number of para-hydroxylation sites is 1. The maximum absolute atomic E-state index is 13.8. The van der Waals surface area contributed by atoms with Crippen LogP contribution in [0, 0.1) is 5.92 Å². The third kappa shape index (κ3) is 4.44. The van der Waals surface area contributed by atoms with Gasteiger partial charge in [-0.25, -0.2) is 4.90 Å². The average Bonchev–Trinajstić information content (AvgIpc) is 3.30. The number of ether oxygens (including phenoxy) is 1. The quantitative estimate of drug-likeness (QED) is 0.313. The molecular formula is C25H18ClF3N2O5S2. The number of carbonyl (C=O) groups excluding carboxylic acids is 3. The monoisotopic (exact) mass is 582 g/mol. The van der Waals surface area contributed by atoms with Crippen molar-refractivity contribution in [3.8, 4) is 0 Å². The zero-order valence-corrected chi connectivity index (χ0v) is 21.9. The average molecular weight is 583 g/mol. The molecule has 0 aliphatic carbocycles. The Kier molecular flexibility index (Phi) is 6.91. The molecule has 198 valence electrons. The van der Waals surface area contributed by atoms with Crippen LogP contribution in [-0.2, 0) is 31.8 Å². The number of esters is 1. The number of halogens is 4. The Labute approximate surface area is 227 Å². The van der Waals surface area contributed by atoms with Crippen LogP contribution in [0.15, 0.2) is 58.4 Å². The molecule has 2 aliphatic heterocycles. The van der Waals surface area contributed by atoms with Crippen LogP contribution in [-0.4, -0.2) is 34.2 Å². The summed E-state index contributed by atoms with van der Waals surface area (Å²) < 4.78 is 47.6. The Morgan fingerprint density at radius 1 is 1.05 bits per heavy atom. The number of aromatic nitrogens is 1. The lowest BCUT2D eigenvalue weighted by Gasteiger charge is -2.30. The van der Waals surface area contributed by atoms with Gasteiger partial charge in [0.1, 0.15) is 11.8 Å². The molecule has 0 spiro atoms. The number of anilines is 1. The third-order valence-corrected chi connectivity index (χ3v) is 9.18. The molecule has 3 heterocycles. The van der Waals surface area contributed by atoms with Crippen LogP contribution >= 0.6 is 34.7 Å². The Balaban J connectivity index is 1.66. The minimum absolute atomic E-state index is 0.103. The Hall–Kier alpha value is -3.09. The zero-order chi connectivity index (χ0) is 27.4. The van der Waals surface area contributed by atoms with Crippen LogP contribution in [0.2, 0.25) is 5.02 Å². The largest absolute Gasteiger partial charge is 0.465 e. The number of rotatable bonds is 5. The van der Waals surface area contributed by atoms with Crippen molar-refractivity contribution in [3.63, 3.8) is 0 Å². The molecule has 0 radical (unpaired) electrons. The summed E-state index contributed by atoms with van der Waals surface area (Å²) in [7, 11) is 0. The summed E-state index contributed by atoms with van der Waals surface area (Å²) in [4.78, 5) is 53.1. The van der Waals surface area contributed by atoms with E-state index in [1.54, 1.807) is 31.2 Å². The number of fused-ring (bicyclic) bond motifs is 2. The highest BCUT2D eigenvalue weighted by molar-refractivity contribution is 8.00. The lowest BCUT2D eigenvalue weighted by atomic mass is 9.83. The standard InChI is InChI=1S/C25H18ClF3N2O5S2/c1-2-36-16(32)11-30-23-20(38-24(30)35)17(12-7-9-13(26)10-8-12)18-19(37-23)22(34)31(21(18)33)15-6-4-3-5-14(15)25(27,28)29/h3-10,17-19H,2,11H2,1H3. The third-order valence-electron chi connectivity index (χ3n) is 6.32. The smallest absolute Gasteiger partial charge is 0.418 e. The number of thioether (sulfide) groups is 1. The van der Waals surface area contributed by atoms with Gasteiger partial charge in [0.05, 0.1) is 28.8 Å². The summed E-state index contributed by atoms with van der Waals surface area (Å²) in [6.07, 6.45) is -4.80. The number of amides is 2. The molecule has 0 N–H and O–H groups in total. The highest BCUT2D eigenvalue weighted by atomic mass is 35.5. The Bertz CT molecular complexity index is 1500. The number of benzene rings is 2. The van der Waals surface area contributed by atoms with Gasteiger partial charge >= 0.3 is 17.0 Å². The SMILES string of the molecule is CCOC(=O)Cn1c2c(sc1=O)C(c1ccc(Cl)cc1)C1C(=O)N(c3ccccc3C(F)(F)F)C(=O)C1S2. The van der Waals surface area contributed by atoms with Crippen molar-refractivity contribution < 1.29 is 32.3 Å². The summed E-state index contributed by atoms with van der Waals surface area (Å²) in [5, 5.41) is -0.404. The normalized spacial score (nSPS) is 20.9. The predicted molar refractivity (Wildman–Crippen MR) is 136 cm³/mol. The van der Waals surface area contributed by atoms with Gasteiger partial charge in [-0.15, -0.1) is 0 Å². The van der Waals surface area contributed by atoms with E-state index >= 15 is 0 Å². The number of carbonyl (C=O) groups is 3. The number of alkyl halides is 3. The molecular weight excluding hydrogens is 565 g/mol. The second kappa shape index (κ2) is 9.90. The van der Waals surface area contributed by atoms with Crippen molar-refractivity contribution >= 4 is 58.2 Å². The van der Waals surface area contributed by atoms with Crippen molar-refractivity contribution in [1.29, 1.82) is 0 Å². The van der Waals surface area contributed by atoms with Crippen LogP contribution < -0.4 is 9.77 Å². The molecule has 1 saturated heterocycles. The molecule has 0 saturated carbocycles. The zero-order valence-electron chi connectivity index (χ0n) is 19.5. The van der Waals surface area contributed by atoms with Gasteiger partial charge in [-0.05, 0) is 36.8 Å². The molecule has 2 aromatic carbocycles. The van der Waals surface area contributed by atoms with Crippen LogP contribution in [0.1, 0.15) is 28.8 Å². The maximum atomic E-state index is 13.8. The van der Waals surface area contributed by atoms with Crippen molar-refractivity contribution in [2.24, 2.45) is 5.92 Å². The van der Waals surface area contributed by atoms with Gasteiger partial charge in [0.2, 0.25) is 11.8 Å². The van der Waals surface area contributed by atoms with Crippen molar-refractivity contribution in [1.82, 2.24) is 4.57 Å². The topological polar surface area (TPSA) is 85.7 Å². The number of thiazole rings is 1. The first-order valence-electron chi connectivity index (χ1n) is 11.4. The predicted octanol–water partition coefficient (Wildman–Crippen LogP) is 4.94. The van der Waals surface area contributed by atoms with Gasteiger partial charge in [-0.3, -0.25) is 23.7 Å². The summed E-state index contributed by atoms with van der Waals surface area (Å²) in [6.45, 7) is 1.32. The van der Waals surface area contributed by atoms with E-state index < -0.39 is 63.7 Å². The summed E-state index contributed by atoms with van der Waals surface area (Å²) in [5.74, 6) is -4.19. The Morgan fingerprint density at radius 2 is 1.74 bits per heavy atom. The molecule has 1 aromatic heterocycles. The van der Waals surface area contributed by atoms with E-state index in [-0.39, 0.29) is 6.61 Å². The molecule has 7 nitrogen and oxygen atoms in total. The van der Waals surface area contributed by atoms with Gasteiger partial charge in [0.15, 0.2) is 0 Å². The lowest BCUT2D eigenvalue weighted by molar-refractivity contribution is -0.144. The second-order valence-electron chi connectivity index (χ2n) is 8.55. The number of hydrogen-bond donors (Lipinski definition) is 0. The van der Waals surface area contributed by atoms with E-state index in [0.29, 0.717) is 25.4 Å². The fourth-order valence-electron chi connectivity index (χ4n) is 4.77. The van der Waals surface area contributed by atoms with Crippen molar-refractivity contribution in [2.75, 3.05) is 11.5 Å². The van der Waals surface area contributed by atoms with Gasteiger partial charge in [0, 0.05) is 15.8 Å². The van der Waals surface area contributed by atoms with Crippen molar-refractivity contribution in [2.45, 2.75) is 35.8 Å². The lowest BCUT2D eigenvalue weighted by Crippen LogP contribution is -2.33. The second-order valence-corrected chi connectivity index (χ2v) is 11.1. The molecule has 3 atom stereocenters. The molecule has 3 aromatic rings. The van der Waals surface area contributed by atoms with Crippen LogP contribution in [0.4, 0.5) is 18.9 Å². The first-order chi connectivity index (χ1) is 18.0. The van der Waals surface area contributed by atoms with E-state index in [9.17, 15) is 32.3 Å². The molecule has 13 heteroatoms. The molecule has 2 amide bonds. The summed E-state index contributed by atoms with van der Waals surface area (Å²) >= 11 is 7.78. The van der Waals surface area contributed by atoms with Gasteiger partial charge in [-0.1, -0.05) is 59.0 Å². The fourth-order valence-corrected chi connectivity index (χ4v) is 7.67. The minimum atomic E-state index is -4.80.